The van der Waals surface area contributed by atoms with E-state index in [2.05, 4.69) is 24.0 Å². The molecule has 0 amide bonds. The highest BCUT2D eigenvalue weighted by Crippen LogP contribution is 2.41. The van der Waals surface area contributed by atoms with Gasteiger partial charge in [-0.25, -0.2) is 0 Å². The molecule has 21 heavy (non-hydrogen) atoms. The maximum atomic E-state index is 11.2. The number of carbonyl (C=O) groups is 1. The molecule has 0 spiro atoms. The minimum Gasteiger partial charge on any atom is -0.481 e. The molecule has 1 aliphatic rings. The zero-order valence-corrected chi connectivity index (χ0v) is 13.1. The van der Waals surface area contributed by atoms with E-state index in [0.717, 1.165) is 44.3 Å². The molecule has 0 bridgehead atoms. The van der Waals surface area contributed by atoms with Gasteiger partial charge in [-0.2, -0.15) is 4.98 Å². The lowest BCUT2D eigenvalue weighted by atomic mass is 9.69. The van der Waals surface area contributed by atoms with E-state index in [0.29, 0.717) is 18.2 Å². The van der Waals surface area contributed by atoms with Crippen LogP contribution in [-0.4, -0.2) is 21.2 Å². The van der Waals surface area contributed by atoms with Gasteiger partial charge in [-0.15, -0.1) is 0 Å². The van der Waals surface area contributed by atoms with Crippen LogP contribution in [0.3, 0.4) is 0 Å². The second-order valence-electron chi connectivity index (χ2n) is 6.84. The van der Waals surface area contributed by atoms with Gasteiger partial charge in [-0.05, 0) is 30.6 Å². The van der Waals surface area contributed by atoms with Crippen LogP contribution in [0.5, 0.6) is 0 Å². The van der Waals surface area contributed by atoms with Crippen molar-refractivity contribution < 1.29 is 14.4 Å². The van der Waals surface area contributed by atoms with Crippen molar-refractivity contribution in [2.24, 2.45) is 11.3 Å². The van der Waals surface area contributed by atoms with Gasteiger partial charge in [-0.3, -0.25) is 4.79 Å². The first-order valence-corrected chi connectivity index (χ1v) is 8.02. The summed E-state index contributed by atoms with van der Waals surface area (Å²) in [5.74, 6) is 1.25. The number of carboxylic acid groups (broad SMARTS) is 1. The molecule has 1 saturated carbocycles. The lowest BCUT2D eigenvalue weighted by molar-refractivity contribution is -0.140. The fourth-order valence-electron chi connectivity index (χ4n) is 3.24. The smallest absolute Gasteiger partial charge is 0.303 e. The van der Waals surface area contributed by atoms with Gasteiger partial charge >= 0.3 is 5.97 Å². The van der Waals surface area contributed by atoms with Crippen LogP contribution in [0, 0.1) is 11.3 Å². The van der Waals surface area contributed by atoms with Crippen LogP contribution in [0.25, 0.3) is 0 Å². The van der Waals surface area contributed by atoms with Gasteiger partial charge in [0.1, 0.15) is 0 Å². The Labute approximate surface area is 126 Å². The van der Waals surface area contributed by atoms with Crippen molar-refractivity contribution in [2.75, 3.05) is 0 Å². The van der Waals surface area contributed by atoms with Crippen LogP contribution in [0.4, 0.5) is 0 Å². The van der Waals surface area contributed by atoms with Crippen molar-refractivity contribution in [3.63, 3.8) is 0 Å². The predicted octanol–water partition coefficient (Wildman–Crippen LogP) is 3.63. The van der Waals surface area contributed by atoms with E-state index >= 15 is 0 Å². The van der Waals surface area contributed by atoms with Crippen LogP contribution >= 0.6 is 0 Å². The number of nitrogens with zero attached hydrogens (tertiary/aromatic N) is 2. The molecular weight excluding hydrogens is 268 g/mol. The lowest BCUT2D eigenvalue weighted by Gasteiger charge is -2.34. The highest BCUT2D eigenvalue weighted by atomic mass is 16.5. The molecule has 0 aliphatic heterocycles. The molecule has 2 rings (SSSR count). The molecule has 0 radical (unpaired) electrons. The molecule has 1 N–H and O–H groups in total. The van der Waals surface area contributed by atoms with Crippen molar-refractivity contribution >= 4 is 5.97 Å². The molecule has 118 valence electrons. The number of carboxylic acids is 1. The molecule has 1 fully saturated rings. The summed E-state index contributed by atoms with van der Waals surface area (Å²) >= 11 is 0. The first-order valence-electron chi connectivity index (χ1n) is 8.02. The average Bonchev–Trinajstić information content (AvgIpc) is 2.83. The van der Waals surface area contributed by atoms with E-state index < -0.39 is 5.97 Å². The van der Waals surface area contributed by atoms with Crippen molar-refractivity contribution in [3.05, 3.63) is 11.7 Å². The van der Waals surface area contributed by atoms with Crippen LogP contribution in [0.15, 0.2) is 4.52 Å². The SMILES string of the molecule is CC(C)CCc1noc(CC2(CC(=O)O)CCCCC2)n1. The summed E-state index contributed by atoms with van der Waals surface area (Å²) in [5.41, 5.74) is -0.189. The highest BCUT2D eigenvalue weighted by molar-refractivity contribution is 5.67. The van der Waals surface area contributed by atoms with E-state index in [1.165, 1.54) is 6.42 Å². The Hall–Kier alpha value is -1.39. The summed E-state index contributed by atoms with van der Waals surface area (Å²) in [6, 6.07) is 0. The monoisotopic (exact) mass is 294 g/mol. The quantitative estimate of drug-likeness (QED) is 0.831. The Kier molecular flexibility index (Phi) is 5.37. The molecule has 5 heteroatoms. The predicted molar refractivity (Wildman–Crippen MR) is 78.9 cm³/mol. The second-order valence-corrected chi connectivity index (χ2v) is 6.84. The highest BCUT2D eigenvalue weighted by Gasteiger charge is 2.36. The number of aryl methyl sites for hydroxylation is 1. The standard InChI is InChI=1S/C16H26N2O3/c1-12(2)6-7-13-17-14(21-18-13)10-16(11-15(19)20)8-4-3-5-9-16/h12H,3-11H2,1-2H3,(H,19,20). The van der Waals surface area contributed by atoms with Gasteiger partial charge in [0, 0.05) is 12.8 Å². The Morgan fingerprint density at radius 3 is 2.67 bits per heavy atom. The van der Waals surface area contributed by atoms with Crippen molar-refractivity contribution in [1.29, 1.82) is 0 Å². The normalized spacial score (nSPS) is 18.0. The molecule has 1 heterocycles. The largest absolute Gasteiger partial charge is 0.481 e. The third-order valence-corrected chi connectivity index (χ3v) is 4.42. The first-order chi connectivity index (χ1) is 9.99. The molecule has 0 atom stereocenters. The molecule has 0 unspecified atom stereocenters. The molecule has 0 aromatic carbocycles. The third-order valence-electron chi connectivity index (χ3n) is 4.42. The van der Waals surface area contributed by atoms with E-state index in [1.54, 1.807) is 0 Å². The maximum absolute atomic E-state index is 11.2. The first kappa shape index (κ1) is 16.0. The van der Waals surface area contributed by atoms with Gasteiger partial charge < -0.3 is 9.63 Å². The summed E-state index contributed by atoms with van der Waals surface area (Å²) in [7, 11) is 0. The van der Waals surface area contributed by atoms with Crippen LogP contribution in [0.2, 0.25) is 0 Å². The summed E-state index contributed by atoms with van der Waals surface area (Å²) in [4.78, 5) is 15.6. The number of rotatable bonds is 7. The molecular formula is C16H26N2O3. The number of hydrogen-bond acceptors (Lipinski definition) is 4. The van der Waals surface area contributed by atoms with E-state index in [1.807, 2.05) is 0 Å². The van der Waals surface area contributed by atoms with Crippen molar-refractivity contribution in [1.82, 2.24) is 10.1 Å². The molecule has 1 aromatic heterocycles. The Balaban J connectivity index is 2.01. The molecule has 5 nitrogen and oxygen atoms in total. The second kappa shape index (κ2) is 7.05. The van der Waals surface area contributed by atoms with Crippen LogP contribution in [-0.2, 0) is 17.6 Å². The lowest BCUT2D eigenvalue weighted by Crippen LogP contribution is -2.29. The minimum atomic E-state index is -0.726. The Morgan fingerprint density at radius 1 is 1.33 bits per heavy atom. The summed E-state index contributed by atoms with van der Waals surface area (Å²) in [6.07, 6.45) is 7.97. The number of aromatic nitrogens is 2. The summed E-state index contributed by atoms with van der Waals surface area (Å²) < 4.78 is 5.35. The summed E-state index contributed by atoms with van der Waals surface area (Å²) in [5, 5.41) is 13.2. The maximum Gasteiger partial charge on any atom is 0.303 e. The zero-order chi connectivity index (χ0) is 15.3. The van der Waals surface area contributed by atoms with Crippen molar-refractivity contribution in [3.8, 4) is 0 Å². The fourth-order valence-corrected chi connectivity index (χ4v) is 3.24. The van der Waals surface area contributed by atoms with Crippen LogP contribution in [0.1, 0.15) is 70.5 Å². The van der Waals surface area contributed by atoms with E-state index in [9.17, 15) is 9.90 Å². The minimum absolute atomic E-state index is 0.189. The molecule has 1 aliphatic carbocycles. The summed E-state index contributed by atoms with van der Waals surface area (Å²) in [6.45, 7) is 4.34. The van der Waals surface area contributed by atoms with Crippen molar-refractivity contribution in [2.45, 2.75) is 71.6 Å². The van der Waals surface area contributed by atoms with Gasteiger partial charge in [0.15, 0.2) is 5.82 Å². The van der Waals surface area contributed by atoms with Gasteiger partial charge in [0.25, 0.3) is 0 Å². The zero-order valence-electron chi connectivity index (χ0n) is 13.1. The van der Waals surface area contributed by atoms with Gasteiger partial charge in [0.05, 0.1) is 6.42 Å². The Bertz CT molecular complexity index is 462. The van der Waals surface area contributed by atoms with Gasteiger partial charge in [0.2, 0.25) is 5.89 Å². The molecule has 1 aromatic rings. The Morgan fingerprint density at radius 2 is 2.05 bits per heavy atom. The average molecular weight is 294 g/mol. The number of aliphatic carboxylic acids is 1. The van der Waals surface area contributed by atoms with Gasteiger partial charge in [-0.1, -0.05) is 38.3 Å². The fraction of sp³-hybridized carbons (Fsp3) is 0.812. The molecule has 0 saturated heterocycles. The number of hydrogen-bond donors (Lipinski definition) is 1. The van der Waals surface area contributed by atoms with E-state index in [4.69, 9.17) is 4.52 Å². The topological polar surface area (TPSA) is 76.2 Å². The van der Waals surface area contributed by atoms with E-state index in [-0.39, 0.29) is 11.8 Å². The van der Waals surface area contributed by atoms with Crippen LogP contribution < -0.4 is 0 Å². The third kappa shape index (κ3) is 4.83.